The molecule has 0 N–H and O–H groups in total. The zero-order valence-electron chi connectivity index (χ0n) is 8.46. The van der Waals surface area contributed by atoms with Crippen LogP contribution in [0.1, 0.15) is 37.1 Å². The number of fused-ring (bicyclic) bond motifs is 1. The van der Waals surface area contributed by atoms with Gasteiger partial charge in [0, 0.05) is 11.6 Å². The van der Waals surface area contributed by atoms with E-state index in [1.165, 1.54) is 16.8 Å². The van der Waals surface area contributed by atoms with Crippen LogP contribution in [0.3, 0.4) is 0 Å². The quantitative estimate of drug-likeness (QED) is 0.587. The Kier molecular flexibility index (Phi) is 1.76. The van der Waals surface area contributed by atoms with Gasteiger partial charge in [0.05, 0.1) is 5.69 Å². The molecule has 0 fully saturated rings. The Bertz CT molecular complexity index is 361. The van der Waals surface area contributed by atoms with Crippen molar-refractivity contribution in [3.05, 3.63) is 35.2 Å². The van der Waals surface area contributed by atoms with Crippen molar-refractivity contribution in [1.29, 1.82) is 0 Å². The number of rotatable bonds is 0. The van der Waals surface area contributed by atoms with E-state index in [9.17, 15) is 0 Å². The third kappa shape index (κ3) is 1.39. The van der Waals surface area contributed by atoms with Gasteiger partial charge >= 0.3 is 0 Å². The standard InChI is InChI=1S/C12H15N/c1-9-7-10-5-4-6-12(2,3)11(10)13-8-9/h4-5,7-8H,6H2,1-3H3. The van der Waals surface area contributed by atoms with Gasteiger partial charge in [0.2, 0.25) is 0 Å². The molecule has 1 aromatic rings. The number of aryl methyl sites for hydroxylation is 1. The van der Waals surface area contributed by atoms with E-state index in [0.717, 1.165) is 6.42 Å². The Morgan fingerprint density at radius 1 is 1.38 bits per heavy atom. The molecular weight excluding hydrogens is 158 g/mol. The van der Waals surface area contributed by atoms with Crippen LogP contribution in [0.4, 0.5) is 0 Å². The highest BCUT2D eigenvalue weighted by atomic mass is 14.7. The Morgan fingerprint density at radius 2 is 2.15 bits per heavy atom. The topological polar surface area (TPSA) is 12.9 Å². The van der Waals surface area contributed by atoms with Gasteiger partial charge in [-0.05, 0) is 30.5 Å². The van der Waals surface area contributed by atoms with Crippen molar-refractivity contribution < 1.29 is 0 Å². The van der Waals surface area contributed by atoms with E-state index in [-0.39, 0.29) is 5.41 Å². The molecule has 1 aliphatic rings. The second kappa shape index (κ2) is 2.69. The summed E-state index contributed by atoms with van der Waals surface area (Å²) in [6, 6.07) is 2.21. The lowest BCUT2D eigenvalue weighted by atomic mass is 9.79. The molecule has 0 radical (unpaired) electrons. The number of hydrogen-bond donors (Lipinski definition) is 0. The van der Waals surface area contributed by atoms with Crippen molar-refractivity contribution in [2.24, 2.45) is 0 Å². The van der Waals surface area contributed by atoms with Crippen molar-refractivity contribution in [1.82, 2.24) is 4.98 Å². The van der Waals surface area contributed by atoms with Crippen molar-refractivity contribution in [3.8, 4) is 0 Å². The van der Waals surface area contributed by atoms with E-state index >= 15 is 0 Å². The van der Waals surface area contributed by atoms with Gasteiger partial charge in [-0.3, -0.25) is 4.98 Å². The SMILES string of the molecule is Cc1cnc2c(c1)C=CCC2(C)C. The molecule has 0 aromatic carbocycles. The summed E-state index contributed by atoms with van der Waals surface area (Å²) in [6.45, 7) is 6.58. The van der Waals surface area contributed by atoms with Crippen molar-refractivity contribution in [2.45, 2.75) is 32.6 Å². The molecule has 1 aliphatic carbocycles. The van der Waals surface area contributed by atoms with Crippen LogP contribution < -0.4 is 0 Å². The molecule has 0 saturated carbocycles. The Morgan fingerprint density at radius 3 is 2.92 bits per heavy atom. The fourth-order valence-corrected chi connectivity index (χ4v) is 1.86. The largest absolute Gasteiger partial charge is 0.260 e. The molecule has 0 saturated heterocycles. The van der Waals surface area contributed by atoms with Gasteiger partial charge in [0.15, 0.2) is 0 Å². The average Bonchev–Trinajstić information content (AvgIpc) is 2.02. The minimum Gasteiger partial charge on any atom is -0.260 e. The molecule has 0 aliphatic heterocycles. The van der Waals surface area contributed by atoms with Crippen LogP contribution in [-0.2, 0) is 5.41 Å². The molecule has 1 heterocycles. The molecule has 0 atom stereocenters. The number of pyridine rings is 1. The first-order valence-corrected chi connectivity index (χ1v) is 4.73. The van der Waals surface area contributed by atoms with Gasteiger partial charge in [-0.15, -0.1) is 0 Å². The molecule has 13 heavy (non-hydrogen) atoms. The van der Waals surface area contributed by atoms with Crippen LogP contribution in [0.15, 0.2) is 18.3 Å². The Hall–Kier alpha value is -1.11. The second-order valence-electron chi connectivity index (χ2n) is 4.44. The van der Waals surface area contributed by atoms with Gasteiger partial charge in [0.1, 0.15) is 0 Å². The van der Waals surface area contributed by atoms with Gasteiger partial charge in [-0.25, -0.2) is 0 Å². The summed E-state index contributed by atoms with van der Waals surface area (Å²) < 4.78 is 0. The predicted molar refractivity (Wildman–Crippen MR) is 55.7 cm³/mol. The Balaban J connectivity index is 2.61. The maximum absolute atomic E-state index is 4.52. The van der Waals surface area contributed by atoms with E-state index in [1.54, 1.807) is 0 Å². The van der Waals surface area contributed by atoms with Crippen LogP contribution in [0, 0.1) is 6.92 Å². The molecule has 0 bridgehead atoms. The summed E-state index contributed by atoms with van der Waals surface area (Å²) in [5.41, 5.74) is 3.97. The van der Waals surface area contributed by atoms with Crippen LogP contribution in [0.25, 0.3) is 6.08 Å². The smallest absolute Gasteiger partial charge is 0.0535 e. The zero-order chi connectivity index (χ0) is 9.47. The van der Waals surface area contributed by atoms with E-state index in [2.05, 4.69) is 44.0 Å². The minimum atomic E-state index is 0.206. The van der Waals surface area contributed by atoms with Crippen LogP contribution in [0.5, 0.6) is 0 Å². The highest BCUT2D eigenvalue weighted by Gasteiger charge is 2.25. The first kappa shape index (κ1) is 8.49. The van der Waals surface area contributed by atoms with Gasteiger partial charge in [-0.2, -0.15) is 0 Å². The van der Waals surface area contributed by atoms with Crippen LogP contribution in [0.2, 0.25) is 0 Å². The molecule has 68 valence electrons. The lowest BCUT2D eigenvalue weighted by Gasteiger charge is -2.27. The number of allylic oxidation sites excluding steroid dienone is 1. The summed E-state index contributed by atoms with van der Waals surface area (Å²) in [5.74, 6) is 0. The maximum Gasteiger partial charge on any atom is 0.0535 e. The van der Waals surface area contributed by atoms with E-state index < -0.39 is 0 Å². The van der Waals surface area contributed by atoms with E-state index in [4.69, 9.17) is 0 Å². The highest BCUT2D eigenvalue weighted by Crippen LogP contribution is 2.33. The monoisotopic (exact) mass is 173 g/mol. The summed E-state index contributed by atoms with van der Waals surface area (Å²) in [5, 5.41) is 0. The third-order valence-corrected chi connectivity index (χ3v) is 2.62. The second-order valence-corrected chi connectivity index (χ2v) is 4.44. The third-order valence-electron chi connectivity index (χ3n) is 2.62. The van der Waals surface area contributed by atoms with Crippen molar-refractivity contribution in [2.75, 3.05) is 0 Å². The summed E-state index contributed by atoms with van der Waals surface area (Å²) in [7, 11) is 0. The lowest BCUT2D eigenvalue weighted by Crippen LogP contribution is -2.21. The minimum absolute atomic E-state index is 0.206. The first-order valence-electron chi connectivity index (χ1n) is 4.73. The fraction of sp³-hybridized carbons (Fsp3) is 0.417. The first-order chi connectivity index (χ1) is 6.09. The molecule has 2 rings (SSSR count). The van der Waals surface area contributed by atoms with Gasteiger partial charge in [0.25, 0.3) is 0 Å². The van der Waals surface area contributed by atoms with E-state index in [0.29, 0.717) is 0 Å². The molecule has 1 heteroatoms. The molecule has 1 aromatic heterocycles. The number of aromatic nitrogens is 1. The summed E-state index contributed by atoms with van der Waals surface area (Å²) in [6.07, 6.45) is 7.47. The normalized spacial score (nSPS) is 18.4. The lowest BCUT2D eigenvalue weighted by molar-refractivity contribution is 0.510. The average molecular weight is 173 g/mol. The van der Waals surface area contributed by atoms with Gasteiger partial charge in [-0.1, -0.05) is 26.0 Å². The van der Waals surface area contributed by atoms with Crippen molar-refractivity contribution in [3.63, 3.8) is 0 Å². The molecule has 0 unspecified atom stereocenters. The van der Waals surface area contributed by atoms with Gasteiger partial charge < -0.3 is 0 Å². The summed E-state index contributed by atoms with van der Waals surface area (Å²) in [4.78, 5) is 4.52. The van der Waals surface area contributed by atoms with Crippen LogP contribution >= 0.6 is 0 Å². The van der Waals surface area contributed by atoms with E-state index in [1.807, 2.05) is 6.20 Å². The molecule has 1 nitrogen and oxygen atoms in total. The number of hydrogen-bond acceptors (Lipinski definition) is 1. The Labute approximate surface area is 79.5 Å². The predicted octanol–water partition coefficient (Wildman–Crippen LogP) is 3.08. The molecule has 0 amide bonds. The maximum atomic E-state index is 4.52. The van der Waals surface area contributed by atoms with Crippen LogP contribution in [-0.4, -0.2) is 4.98 Å². The fourth-order valence-electron chi connectivity index (χ4n) is 1.86. The number of nitrogens with zero attached hydrogens (tertiary/aromatic N) is 1. The molecular formula is C12H15N. The zero-order valence-corrected chi connectivity index (χ0v) is 8.46. The summed E-state index contributed by atoms with van der Waals surface area (Å²) >= 11 is 0. The molecule has 0 spiro atoms. The highest BCUT2D eigenvalue weighted by molar-refractivity contribution is 5.57. The van der Waals surface area contributed by atoms with Crippen molar-refractivity contribution >= 4 is 6.08 Å².